The fourth-order valence-corrected chi connectivity index (χ4v) is 4.98. The van der Waals surface area contributed by atoms with Crippen molar-refractivity contribution in [1.29, 1.82) is 0 Å². The van der Waals surface area contributed by atoms with Crippen LogP contribution in [-0.4, -0.2) is 26.9 Å². The van der Waals surface area contributed by atoms with Crippen molar-refractivity contribution in [2.75, 3.05) is 11.4 Å². The minimum atomic E-state index is -3.52. The van der Waals surface area contributed by atoms with Gasteiger partial charge >= 0.3 is 0 Å². The molecule has 2 heterocycles. The van der Waals surface area contributed by atoms with Gasteiger partial charge in [0.05, 0.1) is 11.2 Å². The fourth-order valence-electron chi connectivity index (χ4n) is 3.62. The Labute approximate surface area is 146 Å². The Hall–Kier alpha value is -2.12. The lowest BCUT2D eigenvalue weighted by molar-refractivity contribution is 0.0963. The summed E-state index contributed by atoms with van der Waals surface area (Å²) in [7, 11) is -3.52. The number of hydrogen-bond acceptors (Lipinski definition) is 4. The van der Waals surface area contributed by atoms with Gasteiger partial charge in [-0.25, -0.2) is 13.1 Å². The van der Waals surface area contributed by atoms with Crippen LogP contribution in [0.2, 0.25) is 0 Å². The van der Waals surface area contributed by atoms with Crippen LogP contribution in [0.4, 0.5) is 5.69 Å². The highest BCUT2D eigenvalue weighted by molar-refractivity contribution is 7.89. The van der Waals surface area contributed by atoms with Crippen molar-refractivity contribution in [3.8, 4) is 0 Å². The Morgan fingerprint density at radius 3 is 2.72 bits per heavy atom. The van der Waals surface area contributed by atoms with Crippen LogP contribution < -0.4 is 9.62 Å². The number of hydrogen-bond donors (Lipinski definition) is 1. The van der Waals surface area contributed by atoms with E-state index < -0.39 is 10.0 Å². The van der Waals surface area contributed by atoms with Crippen molar-refractivity contribution >= 4 is 21.6 Å². The van der Waals surface area contributed by atoms with Gasteiger partial charge in [0.15, 0.2) is 5.76 Å². The molecule has 2 aliphatic rings. The fraction of sp³-hybridized carbons (Fsp3) is 0.389. The van der Waals surface area contributed by atoms with E-state index in [2.05, 4.69) is 4.72 Å². The van der Waals surface area contributed by atoms with Crippen LogP contribution in [0.5, 0.6) is 0 Å². The average Bonchev–Trinajstić information content (AvgIpc) is 3.34. The summed E-state index contributed by atoms with van der Waals surface area (Å²) in [6, 6.07) is 8.31. The predicted octanol–water partition coefficient (Wildman–Crippen LogP) is 2.70. The lowest BCUT2D eigenvalue weighted by Crippen LogP contribution is -2.32. The van der Waals surface area contributed by atoms with Crippen LogP contribution >= 0.6 is 0 Å². The third-order valence-corrected chi connectivity index (χ3v) is 6.43. The summed E-state index contributed by atoms with van der Waals surface area (Å²) in [6.45, 7) is 0.522. The van der Waals surface area contributed by atoms with Gasteiger partial charge < -0.3 is 9.32 Å². The molecular formula is C18H20N2O4S. The lowest BCUT2D eigenvalue weighted by Gasteiger charge is -2.17. The van der Waals surface area contributed by atoms with Crippen molar-refractivity contribution in [2.45, 2.75) is 43.0 Å². The zero-order chi connectivity index (χ0) is 17.4. The number of nitrogens with one attached hydrogen (secondary N) is 1. The molecule has 0 unspecified atom stereocenters. The summed E-state index contributed by atoms with van der Waals surface area (Å²) in [5.41, 5.74) is 1.62. The smallest absolute Gasteiger partial charge is 0.293 e. The molecule has 1 amide bonds. The van der Waals surface area contributed by atoms with Crippen molar-refractivity contribution in [3.05, 3.63) is 47.9 Å². The zero-order valence-corrected chi connectivity index (χ0v) is 14.6. The molecule has 1 N–H and O–H groups in total. The van der Waals surface area contributed by atoms with Gasteiger partial charge in [-0.05, 0) is 55.2 Å². The summed E-state index contributed by atoms with van der Waals surface area (Å²) in [6.07, 6.45) is 6.04. The van der Waals surface area contributed by atoms with Crippen molar-refractivity contribution in [2.24, 2.45) is 0 Å². The molecular weight excluding hydrogens is 340 g/mol. The van der Waals surface area contributed by atoms with Crippen LogP contribution in [-0.2, 0) is 16.4 Å². The first-order valence-electron chi connectivity index (χ1n) is 8.55. The molecule has 1 aromatic carbocycles. The molecule has 0 spiro atoms. The van der Waals surface area contributed by atoms with E-state index in [0.717, 1.165) is 36.9 Å². The Bertz CT molecular complexity index is 884. The van der Waals surface area contributed by atoms with Crippen LogP contribution in [0.1, 0.15) is 41.8 Å². The molecule has 1 saturated carbocycles. The van der Waals surface area contributed by atoms with E-state index in [1.54, 1.807) is 35.2 Å². The Morgan fingerprint density at radius 1 is 1.20 bits per heavy atom. The molecule has 1 aliphatic carbocycles. The molecule has 0 bridgehead atoms. The van der Waals surface area contributed by atoms with Crippen molar-refractivity contribution in [3.63, 3.8) is 0 Å². The average molecular weight is 360 g/mol. The van der Waals surface area contributed by atoms with Crippen LogP contribution in [0.15, 0.2) is 45.9 Å². The molecule has 7 heteroatoms. The minimum absolute atomic E-state index is 0.0373. The van der Waals surface area contributed by atoms with Gasteiger partial charge in [0, 0.05) is 18.3 Å². The second kappa shape index (κ2) is 6.31. The number of nitrogens with zero attached hydrogens (tertiary/aromatic N) is 1. The normalized spacial score (nSPS) is 17.8. The van der Waals surface area contributed by atoms with Gasteiger partial charge in [0.1, 0.15) is 0 Å². The highest BCUT2D eigenvalue weighted by atomic mass is 32.2. The Balaban J connectivity index is 1.58. The van der Waals surface area contributed by atoms with Crippen LogP contribution in [0.3, 0.4) is 0 Å². The predicted molar refractivity (Wildman–Crippen MR) is 93.1 cm³/mol. The zero-order valence-electron chi connectivity index (χ0n) is 13.8. The monoisotopic (exact) mass is 360 g/mol. The maximum atomic E-state index is 12.6. The van der Waals surface area contributed by atoms with Crippen molar-refractivity contribution in [1.82, 2.24) is 4.72 Å². The quantitative estimate of drug-likeness (QED) is 0.909. The third-order valence-electron chi connectivity index (χ3n) is 4.91. The van der Waals surface area contributed by atoms with E-state index in [1.807, 2.05) is 0 Å². The SMILES string of the molecule is O=C(c1ccco1)N1CCc2cc(S(=O)(=O)NC3CCCC3)ccc21. The largest absolute Gasteiger partial charge is 0.459 e. The molecule has 1 aromatic heterocycles. The minimum Gasteiger partial charge on any atom is -0.459 e. The number of anilines is 1. The number of fused-ring (bicyclic) bond motifs is 1. The summed E-state index contributed by atoms with van der Waals surface area (Å²) in [5.74, 6) is 0.0795. The molecule has 6 nitrogen and oxygen atoms in total. The van der Waals surface area contributed by atoms with E-state index >= 15 is 0 Å². The highest BCUT2D eigenvalue weighted by Gasteiger charge is 2.29. The lowest BCUT2D eigenvalue weighted by atomic mass is 10.2. The van der Waals surface area contributed by atoms with Gasteiger partial charge in [-0.1, -0.05) is 12.8 Å². The first kappa shape index (κ1) is 16.4. The number of rotatable bonds is 4. The second-order valence-corrected chi connectivity index (χ2v) is 8.29. The molecule has 0 atom stereocenters. The Morgan fingerprint density at radius 2 is 2.00 bits per heavy atom. The summed E-state index contributed by atoms with van der Waals surface area (Å²) >= 11 is 0. The summed E-state index contributed by atoms with van der Waals surface area (Å²) in [4.78, 5) is 14.4. The van der Waals surface area contributed by atoms with Gasteiger partial charge in [0.2, 0.25) is 10.0 Å². The first-order chi connectivity index (χ1) is 12.0. The summed E-state index contributed by atoms with van der Waals surface area (Å²) < 4.78 is 33.1. The van der Waals surface area contributed by atoms with E-state index in [1.165, 1.54) is 6.26 Å². The first-order valence-corrected chi connectivity index (χ1v) is 10.0. The molecule has 0 saturated heterocycles. The van der Waals surface area contributed by atoms with Crippen LogP contribution in [0, 0.1) is 0 Å². The molecule has 0 radical (unpaired) electrons. The Kier molecular flexibility index (Phi) is 4.13. The molecule has 4 rings (SSSR count). The molecule has 132 valence electrons. The second-order valence-electron chi connectivity index (χ2n) is 6.58. The maximum Gasteiger partial charge on any atom is 0.293 e. The number of furan rings is 1. The molecule has 25 heavy (non-hydrogen) atoms. The summed E-state index contributed by atoms with van der Waals surface area (Å²) in [5, 5.41) is 0. The molecule has 2 aromatic rings. The number of carbonyl (C=O) groups is 1. The van der Waals surface area contributed by atoms with Gasteiger partial charge in [-0.2, -0.15) is 0 Å². The number of sulfonamides is 1. The third kappa shape index (κ3) is 3.09. The maximum absolute atomic E-state index is 12.6. The topological polar surface area (TPSA) is 79.6 Å². The van der Waals surface area contributed by atoms with Gasteiger partial charge in [-0.15, -0.1) is 0 Å². The molecule has 1 aliphatic heterocycles. The van der Waals surface area contributed by atoms with E-state index in [4.69, 9.17) is 4.42 Å². The number of amides is 1. The highest BCUT2D eigenvalue weighted by Crippen LogP contribution is 2.32. The van der Waals surface area contributed by atoms with Crippen LogP contribution in [0.25, 0.3) is 0 Å². The number of carbonyl (C=O) groups excluding carboxylic acids is 1. The standard InChI is InChI=1S/C18H20N2O4S/c21-18(17-6-3-11-24-17)20-10-9-13-12-15(7-8-16(13)20)25(22,23)19-14-4-1-2-5-14/h3,6-8,11-12,14,19H,1-2,4-5,9-10H2. The molecule has 1 fully saturated rings. The van der Waals surface area contributed by atoms with Gasteiger partial charge in [-0.3, -0.25) is 4.79 Å². The van der Waals surface area contributed by atoms with Gasteiger partial charge in [0.25, 0.3) is 5.91 Å². The van der Waals surface area contributed by atoms with E-state index in [9.17, 15) is 13.2 Å². The van der Waals surface area contributed by atoms with E-state index in [-0.39, 0.29) is 22.6 Å². The van der Waals surface area contributed by atoms with E-state index in [0.29, 0.717) is 13.0 Å². The van der Waals surface area contributed by atoms with Crippen molar-refractivity contribution < 1.29 is 17.6 Å². The number of benzene rings is 1.